The molecule has 1 aliphatic rings. The Balaban J connectivity index is 0.829. The molecule has 0 saturated heterocycles. The van der Waals surface area contributed by atoms with Crippen LogP contribution < -0.4 is 9.80 Å². The van der Waals surface area contributed by atoms with Gasteiger partial charge in [0.25, 0.3) is 0 Å². The highest BCUT2D eigenvalue weighted by molar-refractivity contribution is 6.09. The summed E-state index contributed by atoms with van der Waals surface area (Å²) in [6.07, 6.45) is 19.1. The molecule has 0 fully saturated rings. The van der Waals surface area contributed by atoms with Gasteiger partial charge in [0.05, 0.1) is 0 Å². The van der Waals surface area contributed by atoms with E-state index in [4.69, 9.17) is 0 Å². The van der Waals surface area contributed by atoms with Crippen LogP contribution in [0.2, 0.25) is 0 Å². The van der Waals surface area contributed by atoms with Crippen LogP contribution in [0.1, 0.15) is 66.8 Å². The van der Waals surface area contributed by atoms with Crippen molar-refractivity contribution >= 4 is 93.5 Å². The summed E-state index contributed by atoms with van der Waals surface area (Å²) < 4.78 is 0. The molecule has 14 rings (SSSR count). The predicted molar refractivity (Wildman–Crippen MR) is 378 cm³/mol. The van der Waals surface area contributed by atoms with Gasteiger partial charge in [0, 0.05) is 34.1 Å². The maximum Gasteiger partial charge on any atom is 0.0462 e. The van der Waals surface area contributed by atoms with Crippen molar-refractivity contribution in [2.75, 3.05) is 9.80 Å². The van der Waals surface area contributed by atoms with Gasteiger partial charge in [0.15, 0.2) is 0 Å². The van der Waals surface area contributed by atoms with Crippen LogP contribution in [-0.4, -0.2) is 0 Å². The molecule has 0 unspecified atom stereocenters. The molecule has 0 N–H and O–H groups in total. The number of hydrogen-bond acceptors (Lipinski definition) is 2. The topological polar surface area (TPSA) is 6.48 Å². The predicted octanol–water partition coefficient (Wildman–Crippen LogP) is 23.3. The van der Waals surface area contributed by atoms with Gasteiger partial charge in [-0.25, -0.2) is 0 Å². The smallest absolute Gasteiger partial charge is 0.0462 e. The highest BCUT2D eigenvalue weighted by Crippen LogP contribution is 2.48. The Labute approximate surface area is 517 Å². The van der Waals surface area contributed by atoms with Gasteiger partial charge in [-0.3, -0.25) is 0 Å². The summed E-state index contributed by atoms with van der Waals surface area (Å²) in [7, 11) is 0. The molecule has 13 aromatic carbocycles. The van der Waals surface area contributed by atoms with Crippen molar-refractivity contribution in [1.82, 2.24) is 0 Å². The molecule has 0 spiro atoms. The number of rotatable bonds is 16. The summed E-state index contributed by atoms with van der Waals surface area (Å²) in [5.41, 5.74) is 26.4. The lowest BCUT2D eigenvalue weighted by Gasteiger charge is -2.29. The zero-order chi connectivity index (χ0) is 58.9. The third-order valence-electron chi connectivity index (χ3n) is 16.8. The van der Waals surface area contributed by atoms with E-state index >= 15 is 0 Å². The summed E-state index contributed by atoms with van der Waals surface area (Å²) in [5.74, 6) is 0. The van der Waals surface area contributed by atoms with Gasteiger partial charge >= 0.3 is 0 Å². The van der Waals surface area contributed by atoms with Crippen LogP contribution >= 0.6 is 0 Å². The fraction of sp³-hybridized carbons (Fsp3) is 0.0233. The standard InChI is InChI=1S/C86H64N2/c1-5-17-63(18-6-1)29-33-67-37-49-75(50-38-67)87(76-51-39-68(40-52-76)34-30-64-19-7-2-8-20-64)79-57-45-71(46-58-79)85-81-27-15-16-28-82(81)86(84-62-74-26-14-13-25-73(74)61-83(84)85)72-47-59-80(60-48-72)88(77-53-41-69(42-54-77)35-31-65-21-9-3-10-22-65)78-55-43-70(44-56-78)36-32-66-23-11-4-12-24-66/h1-60H,61-62H2. The number of anilines is 6. The zero-order valence-electron chi connectivity index (χ0n) is 48.9. The molecule has 418 valence electrons. The summed E-state index contributed by atoms with van der Waals surface area (Å²) >= 11 is 0. The van der Waals surface area contributed by atoms with E-state index in [9.17, 15) is 0 Å². The molecule has 0 atom stereocenters. The summed E-state index contributed by atoms with van der Waals surface area (Å²) in [4.78, 5) is 4.74. The van der Waals surface area contributed by atoms with Crippen molar-refractivity contribution in [2.24, 2.45) is 0 Å². The van der Waals surface area contributed by atoms with E-state index in [-0.39, 0.29) is 0 Å². The number of benzene rings is 13. The van der Waals surface area contributed by atoms with Crippen molar-refractivity contribution in [3.05, 3.63) is 382 Å². The number of nitrogens with zero attached hydrogens (tertiary/aromatic N) is 2. The van der Waals surface area contributed by atoms with Gasteiger partial charge in [-0.1, -0.05) is 291 Å². The lowest BCUT2D eigenvalue weighted by Crippen LogP contribution is -2.12. The summed E-state index contributed by atoms with van der Waals surface area (Å²) in [5, 5.41) is 2.51. The third-order valence-corrected chi connectivity index (χ3v) is 16.8. The van der Waals surface area contributed by atoms with Crippen LogP contribution in [0.3, 0.4) is 0 Å². The maximum absolute atomic E-state index is 2.37. The van der Waals surface area contributed by atoms with Crippen molar-refractivity contribution < 1.29 is 0 Å². The Bertz CT molecular complexity index is 4130. The second-order valence-corrected chi connectivity index (χ2v) is 22.5. The van der Waals surface area contributed by atoms with Crippen LogP contribution in [-0.2, 0) is 12.8 Å². The molecule has 0 amide bonds. The Morgan fingerprint density at radius 1 is 0.193 bits per heavy atom. The first kappa shape index (κ1) is 54.6. The average molecular weight is 1130 g/mol. The molecular weight excluding hydrogens is 1060 g/mol. The fourth-order valence-electron chi connectivity index (χ4n) is 12.3. The van der Waals surface area contributed by atoms with E-state index in [0.29, 0.717) is 0 Å². The normalized spacial score (nSPS) is 12.0. The minimum absolute atomic E-state index is 0.849. The number of hydrogen-bond donors (Lipinski definition) is 0. The van der Waals surface area contributed by atoms with Gasteiger partial charge in [-0.2, -0.15) is 0 Å². The second-order valence-electron chi connectivity index (χ2n) is 22.5. The molecule has 0 radical (unpaired) electrons. The Morgan fingerprint density at radius 2 is 0.398 bits per heavy atom. The molecule has 0 bridgehead atoms. The second kappa shape index (κ2) is 25.5. The zero-order valence-corrected chi connectivity index (χ0v) is 48.9. The molecule has 88 heavy (non-hydrogen) atoms. The van der Waals surface area contributed by atoms with Crippen LogP contribution in [0, 0.1) is 0 Å². The van der Waals surface area contributed by atoms with E-state index in [1.165, 1.54) is 77.5 Å². The van der Waals surface area contributed by atoms with Gasteiger partial charge in [-0.15, -0.1) is 0 Å². The lowest BCUT2D eigenvalue weighted by molar-refractivity contribution is 1.01. The highest BCUT2D eigenvalue weighted by Gasteiger charge is 2.27. The van der Waals surface area contributed by atoms with Crippen LogP contribution in [0.4, 0.5) is 34.1 Å². The van der Waals surface area contributed by atoms with Crippen molar-refractivity contribution in [2.45, 2.75) is 12.8 Å². The largest absolute Gasteiger partial charge is 0.311 e. The van der Waals surface area contributed by atoms with Gasteiger partial charge in [-0.05, 0) is 185 Å². The van der Waals surface area contributed by atoms with Crippen LogP contribution in [0.5, 0.6) is 0 Å². The van der Waals surface area contributed by atoms with Gasteiger partial charge < -0.3 is 9.80 Å². The summed E-state index contributed by atoms with van der Waals surface area (Å²) in [6, 6.07) is 114. The molecule has 0 aromatic heterocycles. The van der Waals surface area contributed by atoms with E-state index in [2.05, 4.69) is 374 Å². The van der Waals surface area contributed by atoms with E-state index < -0.39 is 0 Å². The molecule has 0 heterocycles. The third kappa shape index (κ3) is 12.1. The summed E-state index contributed by atoms with van der Waals surface area (Å²) in [6.45, 7) is 0. The van der Waals surface area contributed by atoms with Crippen molar-refractivity contribution in [3.63, 3.8) is 0 Å². The van der Waals surface area contributed by atoms with Crippen molar-refractivity contribution in [1.29, 1.82) is 0 Å². The van der Waals surface area contributed by atoms with Crippen LogP contribution in [0.15, 0.2) is 315 Å². The first-order valence-corrected chi connectivity index (χ1v) is 30.4. The molecule has 0 saturated carbocycles. The average Bonchev–Trinajstić information content (AvgIpc) is 0.871. The molecule has 2 nitrogen and oxygen atoms in total. The monoisotopic (exact) mass is 1120 g/mol. The van der Waals surface area contributed by atoms with E-state index in [0.717, 1.165) is 69.2 Å². The van der Waals surface area contributed by atoms with E-state index in [1.54, 1.807) is 0 Å². The van der Waals surface area contributed by atoms with Gasteiger partial charge in [0.2, 0.25) is 0 Å². The molecule has 0 aliphatic heterocycles. The Kier molecular flexibility index (Phi) is 15.8. The SMILES string of the molecule is C(=Cc1ccc(N(c2ccc(C=Cc3ccccc3)cc2)c2ccc(-c3c4c(c(-c5ccc(N(c6ccc(C=Cc7ccccc7)cc6)c6ccc(C=Cc7ccccc7)cc6)cc5)c5ccccc35)Cc3ccccc3C4)cc2)cc1)c1ccccc1. The molecule has 2 heteroatoms. The van der Waals surface area contributed by atoms with E-state index in [1.807, 2.05) is 0 Å². The van der Waals surface area contributed by atoms with Crippen molar-refractivity contribution in [3.8, 4) is 22.3 Å². The van der Waals surface area contributed by atoms with Crippen LogP contribution in [0.25, 0.3) is 81.6 Å². The molecule has 1 aliphatic carbocycles. The fourth-order valence-corrected chi connectivity index (χ4v) is 12.3. The quantitative estimate of drug-likeness (QED) is 0.0890. The number of fused-ring (bicyclic) bond motifs is 3. The minimum atomic E-state index is 0.849. The Hall–Kier alpha value is -11.3. The lowest BCUT2D eigenvalue weighted by atomic mass is 9.76. The van der Waals surface area contributed by atoms with Gasteiger partial charge in [0.1, 0.15) is 0 Å². The first-order chi connectivity index (χ1) is 43.6. The minimum Gasteiger partial charge on any atom is -0.311 e. The molecule has 13 aromatic rings. The first-order valence-electron chi connectivity index (χ1n) is 30.4. The Morgan fingerprint density at radius 3 is 0.648 bits per heavy atom. The maximum atomic E-state index is 2.37. The highest BCUT2D eigenvalue weighted by atomic mass is 15.1. The molecular formula is C86H64N2.